The van der Waals surface area contributed by atoms with Crippen LogP contribution in [-0.2, 0) is 9.53 Å². The summed E-state index contributed by atoms with van der Waals surface area (Å²) in [7, 11) is 1.69. The highest BCUT2D eigenvalue weighted by Crippen LogP contribution is 2.22. The minimum Gasteiger partial charge on any atom is -0.383 e. The van der Waals surface area contributed by atoms with E-state index in [0.29, 0.717) is 25.2 Å². The standard InChI is InChI=1S/C18H28N2O2/c1-14-8-7-9-15(2)20(14)18(21)12-19-17(13-22-3)16-10-5-4-6-11-16/h4-6,10-11,14-15,17,19H,7-9,12-13H2,1-3H3/t14-,15+,17-/m1/s1. The van der Waals surface area contributed by atoms with Crippen LogP contribution in [-0.4, -0.2) is 43.2 Å². The smallest absolute Gasteiger partial charge is 0.237 e. The van der Waals surface area contributed by atoms with Gasteiger partial charge in [-0.3, -0.25) is 10.1 Å². The number of nitrogens with zero attached hydrogens (tertiary/aromatic N) is 1. The van der Waals surface area contributed by atoms with E-state index >= 15 is 0 Å². The van der Waals surface area contributed by atoms with Crippen LogP contribution < -0.4 is 5.32 Å². The molecule has 4 nitrogen and oxygen atoms in total. The van der Waals surface area contributed by atoms with E-state index in [-0.39, 0.29) is 11.9 Å². The fourth-order valence-corrected chi connectivity index (χ4v) is 3.34. The number of piperidine rings is 1. The molecule has 122 valence electrons. The lowest BCUT2D eigenvalue weighted by atomic mass is 9.97. The van der Waals surface area contributed by atoms with E-state index in [2.05, 4.69) is 31.3 Å². The molecular weight excluding hydrogens is 276 g/mol. The molecule has 22 heavy (non-hydrogen) atoms. The van der Waals surface area contributed by atoms with Gasteiger partial charge in [0.2, 0.25) is 5.91 Å². The van der Waals surface area contributed by atoms with Crippen LogP contribution >= 0.6 is 0 Å². The summed E-state index contributed by atoms with van der Waals surface area (Å²) in [6, 6.07) is 10.9. The highest BCUT2D eigenvalue weighted by atomic mass is 16.5. The minimum absolute atomic E-state index is 0.0468. The third-order valence-corrected chi connectivity index (χ3v) is 4.52. The molecule has 1 fully saturated rings. The first-order chi connectivity index (χ1) is 10.6. The van der Waals surface area contributed by atoms with Gasteiger partial charge in [-0.25, -0.2) is 0 Å². The number of amides is 1. The molecule has 0 saturated carbocycles. The molecule has 0 aromatic heterocycles. The van der Waals surface area contributed by atoms with Crippen LogP contribution in [0.3, 0.4) is 0 Å². The van der Waals surface area contributed by atoms with Gasteiger partial charge in [-0.15, -0.1) is 0 Å². The number of carbonyl (C=O) groups is 1. The SMILES string of the molecule is COC[C@@H](NCC(=O)N1[C@H](C)CCC[C@@H]1C)c1ccccc1. The van der Waals surface area contributed by atoms with E-state index in [4.69, 9.17) is 4.74 Å². The Hall–Kier alpha value is -1.39. The molecule has 1 saturated heterocycles. The molecule has 0 spiro atoms. The van der Waals surface area contributed by atoms with Gasteiger partial charge in [-0.1, -0.05) is 30.3 Å². The van der Waals surface area contributed by atoms with E-state index < -0.39 is 0 Å². The molecule has 4 heteroatoms. The van der Waals surface area contributed by atoms with Crippen molar-refractivity contribution in [1.82, 2.24) is 10.2 Å². The van der Waals surface area contributed by atoms with E-state index in [9.17, 15) is 4.79 Å². The van der Waals surface area contributed by atoms with Gasteiger partial charge >= 0.3 is 0 Å². The molecule has 1 N–H and O–H groups in total. The van der Waals surface area contributed by atoms with Gasteiger partial charge in [0.1, 0.15) is 0 Å². The number of methoxy groups -OCH3 is 1. The fraction of sp³-hybridized carbons (Fsp3) is 0.611. The van der Waals surface area contributed by atoms with Crippen molar-refractivity contribution < 1.29 is 9.53 Å². The van der Waals surface area contributed by atoms with Crippen LogP contribution in [0.5, 0.6) is 0 Å². The zero-order valence-corrected chi connectivity index (χ0v) is 13.9. The second-order valence-corrected chi connectivity index (χ2v) is 6.23. The molecule has 3 atom stereocenters. The molecule has 1 amide bonds. The Morgan fingerprint density at radius 1 is 1.27 bits per heavy atom. The molecule has 0 bridgehead atoms. The maximum absolute atomic E-state index is 12.6. The van der Waals surface area contributed by atoms with Crippen LogP contribution in [0, 0.1) is 0 Å². The highest BCUT2D eigenvalue weighted by molar-refractivity contribution is 5.79. The second-order valence-electron chi connectivity index (χ2n) is 6.23. The number of hydrogen-bond acceptors (Lipinski definition) is 3. The first-order valence-electron chi connectivity index (χ1n) is 8.22. The average Bonchev–Trinajstić information content (AvgIpc) is 2.52. The van der Waals surface area contributed by atoms with Crippen LogP contribution in [0.25, 0.3) is 0 Å². The molecule has 0 radical (unpaired) electrons. The lowest BCUT2D eigenvalue weighted by Gasteiger charge is -2.39. The van der Waals surface area contributed by atoms with E-state index in [1.165, 1.54) is 6.42 Å². The Morgan fingerprint density at radius 3 is 2.50 bits per heavy atom. The van der Waals surface area contributed by atoms with Crippen molar-refractivity contribution in [2.24, 2.45) is 0 Å². The molecule has 1 aromatic carbocycles. The molecule has 1 aromatic rings. The summed E-state index contributed by atoms with van der Waals surface area (Å²) >= 11 is 0. The second kappa shape index (κ2) is 8.30. The maximum atomic E-state index is 12.6. The van der Waals surface area contributed by atoms with Crippen LogP contribution in [0.15, 0.2) is 30.3 Å². The summed E-state index contributed by atoms with van der Waals surface area (Å²) in [5, 5.41) is 3.36. The molecule has 0 aliphatic carbocycles. The number of benzene rings is 1. The summed E-state index contributed by atoms with van der Waals surface area (Å²) < 4.78 is 5.29. The zero-order chi connectivity index (χ0) is 15.9. The summed E-state index contributed by atoms with van der Waals surface area (Å²) in [6.07, 6.45) is 3.43. The summed E-state index contributed by atoms with van der Waals surface area (Å²) in [6.45, 7) is 5.22. The number of likely N-dealkylation sites (tertiary alicyclic amines) is 1. The Kier molecular flexibility index (Phi) is 6.40. The van der Waals surface area contributed by atoms with Gasteiger partial charge in [0, 0.05) is 19.2 Å². The lowest BCUT2D eigenvalue weighted by molar-refractivity contribution is -0.136. The molecule has 1 heterocycles. The first kappa shape index (κ1) is 17.0. The average molecular weight is 304 g/mol. The molecule has 1 aliphatic rings. The van der Waals surface area contributed by atoms with Crippen molar-refractivity contribution >= 4 is 5.91 Å². The summed E-state index contributed by atoms with van der Waals surface area (Å²) in [4.78, 5) is 14.6. The fourth-order valence-electron chi connectivity index (χ4n) is 3.34. The third kappa shape index (κ3) is 4.31. The Morgan fingerprint density at radius 2 is 1.91 bits per heavy atom. The predicted octanol–water partition coefficient (Wildman–Crippen LogP) is 2.75. The van der Waals surface area contributed by atoms with E-state index in [1.54, 1.807) is 7.11 Å². The lowest BCUT2D eigenvalue weighted by Crippen LogP contribution is -2.50. The number of nitrogens with one attached hydrogen (secondary N) is 1. The summed E-state index contributed by atoms with van der Waals surface area (Å²) in [5.74, 6) is 0.191. The topological polar surface area (TPSA) is 41.6 Å². The summed E-state index contributed by atoms with van der Waals surface area (Å²) in [5.41, 5.74) is 1.15. The largest absolute Gasteiger partial charge is 0.383 e. The zero-order valence-electron chi connectivity index (χ0n) is 13.9. The maximum Gasteiger partial charge on any atom is 0.237 e. The molecule has 2 rings (SSSR count). The minimum atomic E-state index is 0.0468. The molecule has 0 unspecified atom stereocenters. The van der Waals surface area contributed by atoms with Crippen LogP contribution in [0.1, 0.15) is 44.7 Å². The van der Waals surface area contributed by atoms with Gasteiger partial charge in [-0.05, 0) is 38.7 Å². The Labute approximate surface area is 133 Å². The normalized spacial score (nSPS) is 23.3. The van der Waals surface area contributed by atoms with Crippen LogP contribution in [0.4, 0.5) is 0 Å². The van der Waals surface area contributed by atoms with Crippen molar-refractivity contribution in [3.63, 3.8) is 0 Å². The van der Waals surface area contributed by atoms with Crippen molar-refractivity contribution in [2.45, 2.75) is 51.2 Å². The third-order valence-electron chi connectivity index (χ3n) is 4.52. The van der Waals surface area contributed by atoms with Crippen LogP contribution in [0.2, 0.25) is 0 Å². The van der Waals surface area contributed by atoms with Gasteiger partial charge in [0.15, 0.2) is 0 Å². The monoisotopic (exact) mass is 304 g/mol. The van der Waals surface area contributed by atoms with Gasteiger partial charge in [0.25, 0.3) is 0 Å². The number of carbonyl (C=O) groups excluding carboxylic acids is 1. The van der Waals surface area contributed by atoms with Crippen molar-refractivity contribution in [3.05, 3.63) is 35.9 Å². The Balaban J connectivity index is 1.95. The van der Waals surface area contributed by atoms with Crippen molar-refractivity contribution in [3.8, 4) is 0 Å². The van der Waals surface area contributed by atoms with Crippen molar-refractivity contribution in [2.75, 3.05) is 20.3 Å². The molecular formula is C18H28N2O2. The Bertz CT molecular complexity index is 453. The molecule has 1 aliphatic heterocycles. The highest BCUT2D eigenvalue weighted by Gasteiger charge is 2.28. The van der Waals surface area contributed by atoms with Gasteiger partial charge < -0.3 is 9.64 Å². The van der Waals surface area contributed by atoms with Gasteiger partial charge in [-0.2, -0.15) is 0 Å². The first-order valence-corrected chi connectivity index (χ1v) is 8.22. The predicted molar refractivity (Wildman–Crippen MR) is 88.7 cm³/mol. The number of ether oxygens (including phenoxy) is 1. The van der Waals surface area contributed by atoms with Crippen molar-refractivity contribution in [1.29, 1.82) is 0 Å². The number of rotatable bonds is 6. The van der Waals surface area contributed by atoms with Gasteiger partial charge in [0.05, 0.1) is 19.2 Å². The number of hydrogen-bond donors (Lipinski definition) is 1. The quantitative estimate of drug-likeness (QED) is 0.878. The van der Waals surface area contributed by atoms with E-state index in [0.717, 1.165) is 18.4 Å². The van der Waals surface area contributed by atoms with E-state index in [1.807, 2.05) is 23.1 Å².